The van der Waals surface area contributed by atoms with E-state index in [-0.39, 0.29) is 5.91 Å². The molecule has 0 radical (unpaired) electrons. The van der Waals surface area contributed by atoms with E-state index in [2.05, 4.69) is 52.4 Å². The fraction of sp³-hybridized carbons (Fsp3) is 0.500. The van der Waals surface area contributed by atoms with E-state index in [0.717, 1.165) is 33.9 Å². The molecule has 0 bridgehead atoms. The van der Waals surface area contributed by atoms with Crippen molar-refractivity contribution in [2.75, 3.05) is 11.9 Å². The number of carbonyl (C=O) groups is 1. The first-order chi connectivity index (χ1) is 8.63. The summed E-state index contributed by atoms with van der Waals surface area (Å²) in [7, 11) is 0. The summed E-state index contributed by atoms with van der Waals surface area (Å²) in [6, 6.07) is 8.12. The number of amides is 1. The summed E-state index contributed by atoms with van der Waals surface area (Å²) in [6.07, 6.45) is 2.00. The molecule has 0 fully saturated rings. The summed E-state index contributed by atoms with van der Waals surface area (Å²) in [5.74, 6) is 0.140. The van der Waals surface area contributed by atoms with Gasteiger partial charge in [0.1, 0.15) is 0 Å². The molecule has 0 atom stereocenters. The molecule has 0 aliphatic rings. The molecule has 0 saturated heterocycles. The third-order valence-electron chi connectivity index (χ3n) is 3.04. The third-order valence-corrected chi connectivity index (χ3v) is 4.07. The Labute approximate surface area is 131 Å². The summed E-state index contributed by atoms with van der Waals surface area (Å²) in [6.45, 7) is 5.03. The molecule has 100 valence electrons. The Bertz CT molecular complexity index is 393. The minimum Gasteiger partial charge on any atom is -0.335 e. The Morgan fingerprint density at radius 3 is 2.56 bits per heavy atom. The van der Waals surface area contributed by atoms with Gasteiger partial charge in [0.05, 0.1) is 0 Å². The van der Waals surface area contributed by atoms with Crippen molar-refractivity contribution < 1.29 is 4.79 Å². The Balaban J connectivity index is 2.95. The molecule has 4 heteroatoms. The fourth-order valence-corrected chi connectivity index (χ4v) is 2.98. The van der Waals surface area contributed by atoms with Gasteiger partial charge in [-0.2, -0.15) is 0 Å². The number of rotatable bonds is 6. The minimum atomic E-state index is 0.140. The van der Waals surface area contributed by atoms with Crippen LogP contribution in [0.5, 0.6) is 0 Å². The number of benzene rings is 1. The number of halogens is 2. The zero-order valence-electron chi connectivity index (χ0n) is 10.8. The van der Waals surface area contributed by atoms with E-state index in [9.17, 15) is 4.79 Å². The van der Waals surface area contributed by atoms with Gasteiger partial charge in [0.2, 0.25) is 0 Å². The fourth-order valence-electron chi connectivity index (χ4n) is 2.06. The van der Waals surface area contributed by atoms with Crippen molar-refractivity contribution in [1.82, 2.24) is 4.90 Å². The number of nitrogens with zero attached hydrogens (tertiary/aromatic N) is 1. The average Bonchev–Trinajstić information content (AvgIpc) is 2.38. The van der Waals surface area contributed by atoms with Gasteiger partial charge in [-0.1, -0.05) is 35.8 Å². The second-order valence-electron chi connectivity index (χ2n) is 4.17. The molecule has 1 rings (SSSR count). The predicted octanol–water partition coefficient (Wildman–Crippen LogP) is 4.32. The zero-order chi connectivity index (χ0) is 13.5. The van der Waals surface area contributed by atoms with Gasteiger partial charge in [-0.3, -0.25) is 4.79 Å². The smallest absolute Gasteiger partial charge is 0.254 e. The summed E-state index contributed by atoms with van der Waals surface area (Å²) < 4.78 is 1.10. The molecule has 0 aliphatic heterocycles. The van der Waals surface area contributed by atoms with E-state index in [1.165, 1.54) is 0 Å². The van der Waals surface area contributed by atoms with E-state index in [0.29, 0.717) is 6.04 Å². The molecule has 0 aromatic heterocycles. The van der Waals surface area contributed by atoms with Gasteiger partial charge in [0.25, 0.3) is 5.91 Å². The molecule has 18 heavy (non-hydrogen) atoms. The summed E-state index contributed by atoms with van der Waals surface area (Å²) in [4.78, 5) is 14.5. The van der Waals surface area contributed by atoms with E-state index in [4.69, 9.17) is 0 Å². The van der Waals surface area contributed by atoms with Crippen molar-refractivity contribution >= 4 is 44.4 Å². The first kappa shape index (κ1) is 16.0. The summed E-state index contributed by atoms with van der Waals surface area (Å²) in [5.41, 5.74) is 0.787. The SMILES string of the molecule is CCC(CC)N(CCBr)C(=O)c1cccc(I)c1. The van der Waals surface area contributed by atoms with Crippen LogP contribution in [0.4, 0.5) is 0 Å². The van der Waals surface area contributed by atoms with Crippen LogP contribution in [0.3, 0.4) is 0 Å². The van der Waals surface area contributed by atoms with Crippen molar-refractivity contribution in [3.8, 4) is 0 Å². The normalized spacial score (nSPS) is 10.7. The highest BCUT2D eigenvalue weighted by molar-refractivity contribution is 14.1. The first-order valence-electron chi connectivity index (χ1n) is 6.26. The summed E-state index contributed by atoms with van der Waals surface area (Å²) >= 11 is 5.68. The van der Waals surface area contributed by atoms with Crippen LogP contribution < -0.4 is 0 Å². The van der Waals surface area contributed by atoms with Crippen LogP contribution in [-0.2, 0) is 0 Å². The minimum absolute atomic E-state index is 0.140. The van der Waals surface area contributed by atoms with Gasteiger partial charge in [-0.15, -0.1) is 0 Å². The van der Waals surface area contributed by atoms with Crippen molar-refractivity contribution in [2.45, 2.75) is 32.7 Å². The summed E-state index contributed by atoms with van der Waals surface area (Å²) in [5, 5.41) is 0.819. The molecule has 0 saturated carbocycles. The first-order valence-corrected chi connectivity index (χ1v) is 8.46. The number of alkyl halides is 1. The van der Waals surface area contributed by atoms with E-state index >= 15 is 0 Å². The van der Waals surface area contributed by atoms with Crippen LogP contribution in [0, 0.1) is 3.57 Å². The van der Waals surface area contributed by atoms with E-state index < -0.39 is 0 Å². The van der Waals surface area contributed by atoms with Crippen LogP contribution >= 0.6 is 38.5 Å². The molecule has 2 nitrogen and oxygen atoms in total. The Kier molecular flexibility index (Phi) is 7.22. The Morgan fingerprint density at radius 1 is 1.39 bits per heavy atom. The zero-order valence-corrected chi connectivity index (χ0v) is 14.6. The molecule has 1 aromatic rings. The monoisotopic (exact) mass is 423 g/mol. The molecular weight excluding hydrogens is 405 g/mol. The van der Waals surface area contributed by atoms with Crippen LogP contribution in [0.2, 0.25) is 0 Å². The lowest BCUT2D eigenvalue weighted by molar-refractivity contribution is 0.0683. The second kappa shape index (κ2) is 8.15. The molecule has 0 aliphatic carbocycles. The maximum absolute atomic E-state index is 12.5. The Hall–Kier alpha value is -0.100. The molecule has 0 N–H and O–H groups in total. The maximum atomic E-state index is 12.5. The van der Waals surface area contributed by atoms with Crippen molar-refractivity contribution in [3.05, 3.63) is 33.4 Å². The second-order valence-corrected chi connectivity index (χ2v) is 6.21. The standard InChI is InChI=1S/C14H19BrINO/c1-3-13(4-2)17(9-8-15)14(18)11-6-5-7-12(16)10-11/h5-7,10,13H,3-4,8-9H2,1-2H3. The van der Waals surface area contributed by atoms with Crippen molar-refractivity contribution in [1.29, 1.82) is 0 Å². The van der Waals surface area contributed by atoms with Crippen LogP contribution in [0.1, 0.15) is 37.0 Å². The lowest BCUT2D eigenvalue weighted by Crippen LogP contribution is -2.41. The van der Waals surface area contributed by atoms with Gasteiger partial charge in [0, 0.05) is 27.1 Å². The number of carbonyl (C=O) groups excluding carboxylic acids is 1. The predicted molar refractivity (Wildman–Crippen MR) is 88.4 cm³/mol. The van der Waals surface area contributed by atoms with Crippen LogP contribution in [0.15, 0.2) is 24.3 Å². The lowest BCUT2D eigenvalue weighted by Gasteiger charge is -2.30. The molecule has 0 heterocycles. The number of hydrogen-bond donors (Lipinski definition) is 0. The highest BCUT2D eigenvalue weighted by Gasteiger charge is 2.21. The average molecular weight is 424 g/mol. The topological polar surface area (TPSA) is 20.3 Å². The highest BCUT2D eigenvalue weighted by atomic mass is 127. The van der Waals surface area contributed by atoms with Crippen LogP contribution in [0.25, 0.3) is 0 Å². The quantitative estimate of drug-likeness (QED) is 0.493. The van der Waals surface area contributed by atoms with Gasteiger partial charge in [-0.05, 0) is 53.6 Å². The Morgan fingerprint density at radius 2 is 2.06 bits per heavy atom. The maximum Gasteiger partial charge on any atom is 0.254 e. The van der Waals surface area contributed by atoms with Crippen LogP contribution in [-0.4, -0.2) is 28.7 Å². The largest absolute Gasteiger partial charge is 0.335 e. The molecule has 1 amide bonds. The van der Waals surface area contributed by atoms with Crippen molar-refractivity contribution in [2.24, 2.45) is 0 Å². The van der Waals surface area contributed by atoms with Gasteiger partial charge in [-0.25, -0.2) is 0 Å². The molecule has 1 aromatic carbocycles. The lowest BCUT2D eigenvalue weighted by atomic mass is 10.1. The third kappa shape index (κ3) is 4.23. The van der Waals surface area contributed by atoms with Gasteiger partial charge >= 0.3 is 0 Å². The number of hydrogen-bond acceptors (Lipinski definition) is 1. The van der Waals surface area contributed by atoms with Gasteiger partial charge in [0.15, 0.2) is 0 Å². The van der Waals surface area contributed by atoms with Gasteiger partial charge < -0.3 is 4.90 Å². The molecule has 0 unspecified atom stereocenters. The van der Waals surface area contributed by atoms with Crippen molar-refractivity contribution in [3.63, 3.8) is 0 Å². The van der Waals surface area contributed by atoms with E-state index in [1.54, 1.807) is 0 Å². The molecular formula is C14H19BrINO. The highest BCUT2D eigenvalue weighted by Crippen LogP contribution is 2.16. The molecule has 0 spiro atoms. The van der Waals surface area contributed by atoms with E-state index in [1.807, 2.05) is 29.2 Å².